The van der Waals surface area contributed by atoms with Gasteiger partial charge in [-0.05, 0) is 67.2 Å². The molecule has 0 aliphatic carbocycles. The summed E-state index contributed by atoms with van der Waals surface area (Å²) in [4.78, 5) is 8.13. The normalized spacial score (nSPS) is 26.0. The van der Waals surface area contributed by atoms with Crippen molar-refractivity contribution < 1.29 is 0 Å². The highest BCUT2D eigenvalue weighted by Gasteiger charge is 2.27. The van der Waals surface area contributed by atoms with E-state index in [1.807, 2.05) is 6.20 Å². The van der Waals surface area contributed by atoms with Gasteiger partial charge in [0.1, 0.15) is 12.0 Å². The fourth-order valence-corrected chi connectivity index (χ4v) is 4.96. The molecule has 6 nitrogen and oxygen atoms in total. The van der Waals surface area contributed by atoms with Gasteiger partial charge in [-0.3, -0.25) is 0 Å². The highest BCUT2D eigenvalue weighted by atomic mass is 15.2. The number of fused-ring (bicyclic) bond motifs is 1. The van der Waals surface area contributed by atoms with Gasteiger partial charge in [0.15, 0.2) is 0 Å². The van der Waals surface area contributed by atoms with E-state index in [1.165, 1.54) is 46.9 Å². The van der Waals surface area contributed by atoms with Crippen LogP contribution in [-0.4, -0.2) is 35.3 Å². The Balaban J connectivity index is 1.22. The minimum Gasteiger partial charge on any atom is -0.368 e. The highest BCUT2D eigenvalue weighted by Crippen LogP contribution is 2.28. The fourth-order valence-electron chi connectivity index (χ4n) is 4.96. The quantitative estimate of drug-likeness (QED) is 0.465. The number of benzene rings is 2. The molecule has 0 spiro atoms. The Morgan fingerprint density at radius 1 is 0.867 bits per heavy atom. The lowest BCUT2D eigenvalue weighted by atomic mass is 10.0. The second kappa shape index (κ2) is 7.45. The van der Waals surface area contributed by atoms with Crippen molar-refractivity contribution in [3.8, 4) is 11.3 Å². The van der Waals surface area contributed by atoms with Gasteiger partial charge in [-0.1, -0.05) is 24.3 Å². The van der Waals surface area contributed by atoms with Crippen LogP contribution in [-0.2, 0) is 0 Å². The summed E-state index contributed by atoms with van der Waals surface area (Å²) in [6.07, 6.45) is 9.21. The standard InChI is InChI=1S/C24H28N6/c1-3-19(25-9-1)23-27-13-21(29-23)17-7-5-16-12-18(8-6-15(16)11-17)22-14-28-24(30-22)20-4-2-10-26-20/h5-8,11-14,19-20,23,25-27,29H,1-4,9-10H2,(H,28,30)/t19?,20-,23?/m0/s1. The molecule has 3 aliphatic heterocycles. The van der Waals surface area contributed by atoms with Gasteiger partial charge in [0.2, 0.25) is 0 Å². The molecule has 6 rings (SSSR count). The molecule has 3 atom stereocenters. The summed E-state index contributed by atoms with van der Waals surface area (Å²) in [6, 6.07) is 14.2. The molecule has 0 bridgehead atoms. The molecule has 2 fully saturated rings. The van der Waals surface area contributed by atoms with E-state index in [-0.39, 0.29) is 6.17 Å². The maximum atomic E-state index is 4.61. The third kappa shape index (κ3) is 3.26. The van der Waals surface area contributed by atoms with Gasteiger partial charge in [-0.2, -0.15) is 0 Å². The van der Waals surface area contributed by atoms with Crippen LogP contribution in [0.1, 0.15) is 43.1 Å². The molecule has 5 N–H and O–H groups in total. The number of rotatable bonds is 4. The van der Waals surface area contributed by atoms with Crippen molar-refractivity contribution in [2.75, 3.05) is 13.1 Å². The summed E-state index contributed by atoms with van der Waals surface area (Å²) in [5.74, 6) is 1.05. The predicted molar refractivity (Wildman–Crippen MR) is 121 cm³/mol. The summed E-state index contributed by atoms with van der Waals surface area (Å²) in [5.41, 5.74) is 4.65. The third-order valence-electron chi connectivity index (χ3n) is 6.67. The van der Waals surface area contributed by atoms with Crippen LogP contribution in [0.25, 0.3) is 27.7 Å². The molecule has 0 amide bonds. The Labute approximate surface area is 176 Å². The molecular formula is C24H28N6. The molecule has 3 aromatic rings. The van der Waals surface area contributed by atoms with Crippen LogP contribution in [0, 0.1) is 0 Å². The van der Waals surface area contributed by atoms with Crippen LogP contribution in [0.15, 0.2) is 48.8 Å². The summed E-state index contributed by atoms with van der Waals surface area (Å²) < 4.78 is 0. The molecule has 30 heavy (non-hydrogen) atoms. The average Bonchev–Trinajstić information content (AvgIpc) is 3.58. The van der Waals surface area contributed by atoms with Crippen LogP contribution < -0.4 is 21.3 Å². The summed E-state index contributed by atoms with van der Waals surface area (Å²) in [5, 5.41) is 16.7. The van der Waals surface area contributed by atoms with Gasteiger partial charge in [0, 0.05) is 17.8 Å². The van der Waals surface area contributed by atoms with Crippen molar-refractivity contribution in [1.29, 1.82) is 0 Å². The number of nitrogens with zero attached hydrogens (tertiary/aromatic N) is 1. The van der Waals surface area contributed by atoms with Crippen molar-refractivity contribution in [3.63, 3.8) is 0 Å². The summed E-state index contributed by atoms with van der Waals surface area (Å²) in [7, 11) is 0. The number of aromatic nitrogens is 2. The number of imidazole rings is 1. The van der Waals surface area contributed by atoms with E-state index in [0.717, 1.165) is 31.0 Å². The first-order valence-electron chi connectivity index (χ1n) is 11.1. The zero-order chi connectivity index (χ0) is 19.9. The van der Waals surface area contributed by atoms with Crippen molar-refractivity contribution in [3.05, 3.63) is 60.2 Å². The maximum absolute atomic E-state index is 4.61. The molecule has 4 heterocycles. The largest absolute Gasteiger partial charge is 0.368 e. The Kier molecular flexibility index (Phi) is 4.47. The van der Waals surface area contributed by atoms with Gasteiger partial charge in [0.05, 0.1) is 23.6 Å². The topological polar surface area (TPSA) is 76.8 Å². The monoisotopic (exact) mass is 400 g/mol. The zero-order valence-electron chi connectivity index (χ0n) is 17.0. The van der Waals surface area contributed by atoms with E-state index in [1.54, 1.807) is 0 Å². The Hall–Kier alpha value is -2.83. The molecule has 0 saturated carbocycles. The first-order chi connectivity index (χ1) is 14.8. The predicted octanol–water partition coefficient (Wildman–Crippen LogP) is 3.22. The SMILES string of the molecule is C1=C(c2ccc3cc(-c4cnc([C@@H]5CCCN5)[nH]4)ccc3c2)NC(C2CCCN2)N1. The van der Waals surface area contributed by atoms with Crippen molar-refractivity contribution >= 4 is 16.5 Å². The summed E-state index contributed by atoms with van der Waals surface area (Å²) in [6.45, 7) is 2.20. The van der Waals surface area contributed by atoms with Crippen molar-refractivity contribution in [1.82, 2.24) is 31.2 Å². The van der Waals surface area contributed by atoms with Gasteiger partial charge < -0.3 is 26.3 Å². The number of aromatic amines is 1. The molecule has 154 valence electrons. The van der Waals surface area contributed by atoms with Crippen LogP contribution in [0.5, 0.6) is 0 Å². The number of H-pyrrole nitrogens is 1. The van der Waals surface area contributed by atoms with Crippen LogP contribution in [0.4, 0.5) is 0 Å². The lowest BCUT2D eigenvalue weighted by Crippen LogP contribution is -2.47. The average molecular weight is 401 g/mol. The second-order valence-electron chi connectivity index (χ2n) is 8.66. The van der Waals surface area contributed by atoms with Gasteiger partial charge >= 0.3 is 0 Å². The Morgan fingerprint density at radius 2 is 1.67 bits per heavy atom. The van der Waals surface area contributed by atoms with E-state index in [4.69, 9.17) is 0 Å². The smallest absolute Gasteiger partial charge is 0.123 e. The molecule has 2 aromatic carbocycles. The first kappa shape index (κ1) is 18.0. The molecule has 3 aliphatic rings. The Morgan fingerprint density at radius 3 is 2.47 bits per heavy atom. The molecule has 2 unspecified atom stereocenters. The van der Waals surface area contributed by atoms with Crippen LogP contribution in [0.3, 0.4) is 0 Å². The van der Waals surface area contributed by atoms with E-state index in [2.05, 4.69) is 73.8 Å². The number of hydrogen-bond donors (Lipinski definition) is 5. The van der Waals surface area contributed by atoms with Crippen molar-refractivity contribution in [2.24, 2.45) is 0 Å². The molecular weight excluding hydrogens is 372 g/mol. The molecule has 6 heteroatoms. The number of nitrogens with one attached hydrogen (secondary N) is 5. The van der Waals surface area contributed by atoms with Gasteiger partial charge in [0.25, 0.3) is 0 Å². The molecule has 1 aromatic heterocycles. The minimum absolute atomic E-state index is 0.282. The summed E-state index contributed by atoms with van der Waals surface area (Å²) >= 11 is 0. The maximum Gasteiger partial charge on any atom is 0.123 e. The minimum atomic E-state index is 0.282. The van der Waals surface area contributed by atoms with Gasteiger partial charge in [-0.15, -0.1) is 0 Å². The van der Waals surface area contributed by atoms with E-state index >= 15 is 0 Å². The Bertz CT molecular complexity index is 1090. The van der Waals surface area contributed by atoms with Crippen LogP contribution in [0.2, 0.25) is 0 Å². The van der Waals surface area contributed by atoms with Crippen LogP contribution >= 0.6 is 0 Å². The molecule has 2 saturated heterocycles. The lowest BCUT2D eigenvalue weighted by molar-refractivity contribution is 0.429. The first-order valence-corrected chi connectivity index (χ1v) is 11.1. The second-order valence-corrected chi connectivity index (χ2v) is 8.66. The lowest BCUT2D eigenvalue weighted by Gasteiger charge is -2.21. The number of hydrogen-bond acceptors (Lipinski definition) is 5. The fraction of sp³-hybridized carbons (Fsp3) is 0.375. The van der Waals surface area contributed by atoms with Crippen molar-refractivity contribution in [2.45, 2.75) is 43.9 Å². The molecule has 0 radical (unpaired) electrons. The van der Waals surface area contributed by atoms with E-state index < -0.39 is 0 Å². The highest BCUT2D eigenvalue weighted by molar-refractivity contribution is 5.89. The zero-order valence-corrected chi connectivity index (χ0v) is 17.0. The van der Waals surface area contributed by atoms with Gasteiger partial charge in [-0.25, -0.2) is 4.98 Å². The van der Waals surface area contributed by atoms with E-state index in [9.17, 15) is 0 Å². The third-order valence-corrected chi connectivity index (χ3v) is 6.67. The van der Waals surface area contributed by atoms with E-state index in [0.29, 0.717) is 12.1 Å².